The first-order chi connectivity index (χ1) is 9.45. The van der Waals surface area contributed by atoms with Crippen LogP contribution in [-0.2, 0) is 4.79 Å². The summed E-state index contributed by atoms with van der Waals surface area (Å²) in [7, 11) is 0. The van der Waals surface area contributed by atoms with E-state index in [0.29, 0.717) is 16.7 Å². The third kappa shape index (κ3) is 1.96. The van der Waals surface area contributed by atoms with E-state index < -0.39 is 12.0 Å². The fourth-order valence-corrected chi connectivity index (χ4v) is 2.62. The highest BCUT2D eigenvalue weighted by Gasteiger charge is 2.21. The Kier molecular flexibility index (Phi) is 2.79. The zero-order valence-corrected chi connectivity index (χ0v) is 11.3. The molecule has 0 fully saturated rings. The normalized spacial score (nSPS) is 13.2. The van der Waals surface area contributed by atoms with Crippen molar-refractivity contribution in [2.45, 2.75) is 26.3 Å². The molecule has 0 aliphatic heterocycles. The lowest BCUT2D eigenvalue weighted by Gasteiger charge is -2.11. The second-order valence-corrected chi connectivity index (χ2v) is 5.04. The van der Waals surface area contributed by atoms with E-state index in [4.69, 9.17) is 19.7 Å². The molecule has 3 rings (SSSR count). The molecule has 1 atom stereocenters. The number of aryl methyl sites for hydroxylation is 2. The molecule has 1 aromatic carbocycles. The van der Waals surface area contributed by atoms with Crippen molar-refractivity contribution in [1.82, 2.24) is 0 Å². The maximum absolute atomic E-state index is 10.9. The molecule has 3 N–H and O–H groups in total. The lowest BCUT2D eigenvalue weighted by Crippen LogP contribution is -2.15. The summed E-state index contributed by atoms with van der Waals surface area (Å²) in [6.45, 7) is 3.69. The average Bonchev–Trinajstić information content (AvgIpc) is 2.84. The number of hydrogen-bond acceptors (Lipinski definition) is 4. The molecule has 2 aromatic heterocycles. The number of nitrogens with two attached hydrogens (primary N) is 1. The standard InChI is InChI=1S/C15H15NO4/c1-7-3-9-5-12-10(4-8(2)19-12)14(15(9)20-7)11(16)6-13(17)18/h3-5,11H,6,16H2,1-2H3,(H,17,18). The summed E-state index contributed by atoms with van der Waals surface area (Å²) in [6.07, 6.45) is -0.155. The first-order valence-electron chi connectivity index (χ1n) is 6.36. The maximum Gasteiger partial charge on any atom is 0.305 e. The molecular weight excluding hydrogens is 258 g/mol. The number of carboxylic acids is 1. The molecule has 0 amide bonds. The highest BCUT2D eigenvalue weighted by molar-refractivity contribution is 5.99. The highest BCUT2D eigenvalue weighted by atomic mass is 16.4. The van der Waals surface area contributed by atoms with Crippen LogP contribution < -0.4 is 5.73 Å². The molecule has 20 heavy (non-hydrogen) atoms. The van der Waals surface area contributed by atoms with Crippen LogP contribution in [0.1, 0.15) is 29.5 Å². The van der Waals surface area contributed by atoms with Crippen LogP contribution in [0.15, 0.2) is 27.0 Å². The molecule has 5 heteroatoms. The number of benzene rings is 1. The third-order valence-electron chi connectivity index (χ3n) is 3.35. The molecule has 0 saturated heterocycles. The van der Waals surface area contributed by atoms with Gasteiger partial charge in [-0.2, -0.15) is 0 Å². The molecule has 2 heterocycles. The Bertz CT molecular complexity index is 757. The Labute approximate surface area is 115 Å². The van der Waals surface area contributed by atoms with Crippen molar-refractivity contribution in [3.63, 3.8) is 0 Å². The Hall–Kier alpha value is -2.27. The monoisotopic (exact) mass is 273 g/mol. The maximum atomic E-state index is 10.9. The molecule has 0 saturated carbocycles. The summed E-state index contributed by atoms with van der Waals surface area (Å²) in [6, 6.07) is 5.01. The van der Waals surface area contributed by atoms with E-state index in [1.165, 1.54) is 0 Å². The van der Waals surface area contributed by atoms with Crippen LogP contribution in [0.4, 0.5) is 0 Å². The van der Waals surface area contributed by atoms with Crippen molar-refractivity contribution >= 4 is 27.9 Å². The summed E-state index contributed by atoms with van der Waals surface area (Å²) in [5, 5.41) is 10.7. The van der Waals surface area contributed by atoms with Crippen molar-refractivity contribution < 1.29 is 18.7 Å². The minimum absolute atomic E-state index is 0.155. The van der Waals surface area contributed by atoms with Gasteiger partial charge in [0.05, 0.1) is 6.42 Å². The van der Waals surface area contributed by atoms with Crippen molar-refractivity contribution in [3.05, 3.63) is 35.3 Å². The van der Waals surface area contributed by atoms with Gasteiger partial charge in [-0.15, -0.1) is 0 Å². The van der Waals surface area contributed by atoms with Crippen LogP contribution in [0, 0.1) is 13.8 Å². The van der Waals surface area contributed by atoms with E-state index in [1.54, 1.807) is 0 Å². The molecular formula is C15H15NO4. The van der Waals surface area contributed by atoms with Gasteiger partial charge in [-0.3, -0.25) is 4.79 Å². The van der Waals surface area contributed by atoms with Gasteiger partial charge in [-0.1, -0.05) is 0 Å². The van der Waals surface area contributed by atoms with Gasteiger partial charge in [-0.25, -0.2) is 0 Å². The topological polar surface area (TPSA) is 89.6 Å². The van der Waals surface area contributed by atoms with Crippen molar-refractivity contribution in [1.29, 1.82) is 0 Å². The van der Waals surface area contributed by atoms with E-state index in [9.17, 15) is 4.79 Å². The predicted molar refractivity (Wildman–Crippen MR) is 74.6 cm³/mol. The van der Waals surface area contributed by atoms with Crippen molar-refractivity contribution in [3.8, 4) is 0 Å². The zero-order valence-electron chi connectivity index (χ0n) is 11.3. The van der Waals surface area contributed by atoms with E-state index in [2.05, 4.69) is 0 Å². The summed E-state index contributed by atoms with van der Waals surface area (Å²) in [5.74, 6) is 0.576. The van der Waals surface area contributed by atoms with Crippen molar-refractivity contribution in [2.75, 3.05) is 0 Å². The van der Waals surface area contributed by atoms with Crippen LogP contribution in [0.2, 0.25) is 0 Å². The molecule has 0 spiro atoms. The van der Waals surface area contributed by atoms with E-state index in [1.807, 2.05) is 32.0 Å². The lowest BCUT2D eigenvalue weighted by atomic mass is 9.98. The Balaban J connectivity index is 2.34. The summed E-state index contributed by atoms with van der Waals surface area (Å²) in [5.41, 5.74) is 8.11. The zero-order chi connectivity index (χ0) is 14.4. The molecule has 0 bridgehead atoms. The first kappa shape index (κ1) is 12.7. The highest BCUT2D eigenvalue weighted by Crippen LogP contribution is 2.36. The number of fused-ring (bicyclic) bond motifs is 2. The van der Waals surface area contributed by atoms with E-state index in [-0.39, 0.29) is 6.42 Å². The second-order valence-electron chi connectivity index (χ2n) is 5.04. The smallest absolute Gasteiger partial charge is 0.305 e. The number of rotatable bonds is 3. The largest absolute Gasteiger partial charge is 0.481 e. The minimum atomic E-state index is -0.939. The molecule has 0 aliphatic carbocycles. The number of hydrogen-bond donors (Lipinski definition) is 2. The molecule has 5 nitrogen and oxygen atoms in total. The van der Waals surface area contributed by atoms with E-state index >= 15 is 0 Å². The fraction of sp³-hybridized carbons (Fsp3) is 0.267. The molecule has 0 radical (unpaired) electrons. The SMILES string of the molecule is Cc1cc2c(C(N)CC(=O)O)c3oc(C)cc3cc2o1. The predicted octanol–water partition coefficient (Wildman–Crippen LogP) is 3.27. The van der Waals surface area contributed by atoms with Crippen molar-refractivity contribution in [2.24, 2.45) is 5.73 Å². The van der Waals surface area contributed by atoms with Crippen LogP contribution in [0.25, 0.3) is 21.9 Å². The molecule has 0 aliphatic rings. The summed E-state index contributed by atoms with van der Waals surface area (Å²) < 4.78 is 11.3. The van der Waals surface area contributed by atoms with Gasteiger partial charge in [0.2, 0.25) is 0 Å². The van der Waals surface area contributed by atoms with Gasteiger partial charge >= 0.3 is 5.97 Å². The average molecular weight is 273 g/mol. The van der Waals surface area contributed by atoms with Gasteiger partial charge in [0.1, 0.15) is 22.7 Å². The van der Waals surface area contributed by atoms with Gasteiger partial charge < -0.3 is 19.7 Å². The van der Waals surface area contributed by atoms with Gasteiger partial charge in [0, 0.05) is 22.4 Å². The quantitative estimate of drug-likeness (QED) is 0.764. The van der Waals surface area contributed by atoms with Crippen LogP contribution in [-0.4, -0.2) is 11.1 Å². The fourth-order valence-electron chi connectivity index (χ4n) is 2.62. The number of carboxylic acid groups (broad SMARTS) is 1. The minimum Gasteiger partial charge on any atom is -0.481 e. The van der Waals surface area contributed by atoms with Crippen LogP contribution in [0.5, 0.6) is 0 Å². The van der Waals surface area contributed by atoms with Gasteiger partial charge in [0.25, 0.3) is 0 Å². The van der Waals surface area contributed by atoms with E-state index in [0.717, 1.165) is 22.3 Å². The van der Waals surface area contributed by atoms with Gasteiger partial charge in [-0.05, 0) is 32.0 Å². The van der Waals surface area contributed by atoms with Gasteiger partial charge in [0.15, 0.2) is 0 Å². The molecule has 104 valence electrons. The Morgan fingerprint density at radius 1 is 1.25 bits per heavy atom. The van der Waals surface area contributed by atoms with Crippen LogP contribution >= 0.6 is 0 Å². The lowest BCUT2D eigenvalue weighted by molar-refractivity contribution is -0.137. The second kappa shape index (κ2) is 4.38. The first-order valence-corrected chi connectivity index (χ1v) is 6.36. The Morgan fingerprint density at radius 3 is 2.65 bits per heavy atom. The number of aliphatic carboxylic acids is 1. The molecule has 3 aromatic rings. The third-order valence-corrected chi connectivity index (χ3v) is 3.35. The molecule has 1 unspecified atom stereocenters. The van der Waals surface area contributed by atoms with Crippen LogP contribution in [0.3, 0.4) is 0 Å². The summed E-state index contributed by atoms with van der Waals surface area (Å²) in [4.78, 5) is 10.9. The summed E-state index contributed by atoms with van der Waals surface area (Å²) >= 11 is 0. The number of furan rings is 2. The number of carbonyl (C=O) groups is 1. The Morgan fingerprint density at radius 2 is 1.95 bits per heavy atom.